The average molecular weight is 432 g/mol. The van der Waals surface area contributed by atoms with Crippen LogP contribution in [0.25, 0.3) is 0 Å². The minimum Gasteiger partial charge on any atom is -0.461 e. The van der Waals surface area contributed by atoms with E-state index in [1.54, 1.807) is 6.20 Å². The molecular weight excluding hydrogens is 401 g/mol. The zero-order valence-corrected chi connectivity index (χ0v) is 17.8. The number of rotatable bonds is 5. The molecule has 3 fully saturated rings. The molecule has 1 atom stereocenters. The summed E-state index contributed by atoms with van der Waals surface area (Å²) in [4.78, 5) is 19.1. The van der Waals surface area contributed by atoms with Crippen molar-refractivity contribution in [3.63, 3.8) is 0 Å². The molecule has 28 heavy (non-hydrogen) atoms. The number of nitrogens with one attached hydrogen (secondary N) is 1. The molecule has 3 aliphatic heterocycles. The highest BCUT2D eigenvalue weighted by molar-refractivity contribution is 5.85. The average Bonchev–Trinajstić information content (AvgIpc) is 2.97. The Morgan fingerprint density at radius 1 is 1.21 bits per heavy atom. The van der Waals surface area contributed by atoms with E-state index < -0.39 is 0 Å². The van der Waals surface area contributed by atoms with E-state index in [1.807, 2.05) is 18.2 Å². The summed E-state index contributed by atoms with van der Waals surface area (Å²) in [5.74, 6) is 0.0394. The summed E-state index contributed by atoms with van der Waals surface area (Å²) in [6, 6.07) is 5.91. The van der Waals surface area contributed by atoms with Gasteiger partial charge in [-0.2, -0.15) is 0 Å². The third-order valence-electron chi connectivity index (χ3n) is 6.08. The highest BCUT2D eigenvalue weighted by Gasteiger charge is 2.49. The van der Waals surface area contributed by atoms with E-state index in [0.717, 1.165) is 70.5 Å². The van der Waals surface area contributed by atoms with Crippen LogP contribution in [-0.2, 0) is 20.9 Å². The number of halogens is 2. The minimum absolute atomic E-state index is 0. The molecule has 1 N–H and O–H groups in total. The molecule has 4 heterocycles. The van der Waals surface area contributed by atoms with Crippen molar-refractivity contribution in [1.82, 2.24) is 15.2 Å². The normalized spacial score (nSPS) is 25.0. The Balaban J connectivity index is 0.00000140. The number of likely N-dealkylation sites (tertiary alicyclic amines) is 1. The fourth-order valence-corrected chi connectivity index (χ4v) is 4.49. The smallest absolute Gasteiger partial charge is 0.312 e. The lowest BCUT2D eigenvalue weighted by molar-refractivity contribution is -0.150. The number of aromatic nitrogens is 1. The summed E-state index contributed by atoms with van der Waals surface area (Å²) >= 11 is 0. The molecule has 1 aromatic heterocycles. The second kappa shape index (κ2) is 10.7. The van der Waals surface area contributed by atoms with Crippen molar-refractivity contribution in [3.05, 3.63) is 30.1 Å². The van der Waals surface area contributed by atoms with Gasteiger partial charge in [0, 0.05) is 32.3 Å². The molecule has 8 heteroatoms. The second-order valence-electron chi connectivity index (χ2n) is 7.89. The monoisotopic (exact) mass is 431 g/mol. The number of carbonyl (C=O) groups is 1. The summed E-state index contributed by atoms with van der Waals surface area (Å²) in [5, 5.41) is 3.34. The molecule has 3 aliphatic rings. The molecule has 0 aromatic carbocycles. The topological polar surface area (TPSA) is 63.7 Å². The van der Waals surface area contributed by atoms with E-state index >= 15 is 0 Å². The molecule has 0 aliphatic carbocycles. The van der Waals surface area contributed by atoms with E-state index in [-0.39, 0.29) is 42.3 Å². The van der Waals surface area contributed by atoms with Gasteiger partial charge >= 0.3 is 5.97 Å². The van der Waals surface area contributed by atoms with Crippen molar-refractivity contribution in [1.29, 1.82) is 0 Å². The number of pyridine rings is 1. The Morgan fingerprint density at radius 2 is 1.96 bits per heavy atom. The van der Waals surface area contributed by atoms with Crippen LogP contribution >= 0.6 is 24.8 Å². The fraction of sp³-hybridized carbons (Fsp3) is 0.700. The molecule has 4 rings (SSSR count). The van der Waals surface area contributed by atoms with Crippen molar-refractivity contribution in [2.24, 2.45) is 5.41 Å². The maximum absolute atomic E-state index is 12.4. The first kappa shape index (κ1) is 23.4. The van der Waals surface area contributed by atoms with Gasteiger partial charge in [0.1, 0.15) is 6.10 Å². The quantitative estimate of drug-likeness (QED) is 0.722. The standard InChI is InChI=1S/C20H29N3O3.2ClH/c24-19-20(6-9-21-10-7-20)13-18(26-19)14-23-11-4-17(5-12-23)25-15-16-3-1-2-8-22-16;;/h1-3,8,17-18,21H,4-7,9-15H2;2*1H. The molecule has 1 unspecified atom stereocenters. The molecule has 1 aromatic rings. The van der Waals surface area contributed by atoms with E-state index in [2.05, 4.69) is 15.2 Å². The van der Waals surface area contributed by atoms with Crippen LogP contribution in [0.2, 0.25) is 0 Å². The molecule has 0 saturated carbocycles. The summed E-state index contributed by atoms with van der Waals surface area (Å²) < 4.78 is 11.8. The van der Waals surface area contributed by atoms with Crippen LogP contribution in [0.15, 0.2) is 24.4 Å². The molecule has 158 valence electrons. The Labute approximate surface area is 179 Å². The summed E-state index contributed by atoms with van der Waals surface area (Å²) in [6.07, 6.45) is 6.97. The van der Waals surface area contributed by atoms with Crippen molar-refractivity contribution in [2.75, 3.05) is 32.7 Å². The number of carbonyl (C=O) groups excluding carboxylic acids is 1. The van der Waals surface area contributed by atoms with Gasteiger partial charge in [0.25, 0.3) is 0 Å². The van der Waals surface area contributed by atoms with Gasteiger partial charge in [-0.15, -0.1) is 24.8 Å². The Kier molecular flexibility index (Phi) is 8.96. The predicted octanol–water partition coefficient (Wildman–Crippen LogP) is 2.59. The molecular formula is C20H31Cl2N3O3. The third kappa shape index (κ3) is 5.57. The number of hydrogen-bond acceptors (Lipinski definition) is 6. The van der Waals surface area contributed by atoms with Crippen LogP contribution in [0.3, 0.4) is 0 Å². The molecule has 3 saturated heterocycles. The van der Waals surface area contributed by atoms with E-state index in [0.29, 0.717) is 12.7 Å². The van der Waals surface area contributed by atoms with Gasteiger partial charge in [0.2, 0.25) is 0 Å². The van der Waals surface area contributed by atoms with Crippen molar-refractivity contribution in [3.8, 4) is 0 Å². The number of hydrogen-bond donors (Lipinski definition) is 1. The first-order valence-electron chi connectivity index (χ1n) is 9.89. The van der Waals surface area contributed by atoms with Crippen LogP contribution in [0, 0.1) is 5.41 Å². The van der Waals surface area contributed by atoms with E-state index in [4.69, 9.17) is 9.47 Å². The maximum Gasteiger partial charge on any atom is 0.312 e. The first-order chi connectivity index (χ1) is 12.7. The molecule has 0 amide bonds. The first-order valence-corrected chi connectivity index (χ1v) is 9.89. The van der Waals surface area contributed by atoms with E-state index in [9.17, 15) is 4.79 Å². The summed E-state index contributed by atoms with van der Waals surface area (Å²) in [6.45, 7) is 5.34. The number of cyclic esters (lactones) is 1. The predicted molar refractivity (Wildman–Crippen MR) is 112 cm³/mol. The highest BCUT2D eigenvalue weighted by atomic mass is 35.5. The third-order valence-corrected chi connectivity index (χ3v) is 6.08. The number of nitrogens with zero attached hydrogens (tertiary/aromatic N) is 2. The van der Waals surface area contributed by atoms with Gasteiger partial charge in [-0.05, 0) is 50.9 Å². The molecule has 6 nitrogen and oxygen atoms in total. The minimum atomic E-state index is -0.208. The molecule has 0 bridgehead atoms. The zero-order chi connectivity index (χ0) is 17.8. The van der Waals surface area contributed by atoms with Crippen molar-refractivity contribution < 1.29 is 14.3 Å². The largest absolute Gasteiger partial charge is 0.461 e. The number of esters is 1. The Bertz CT molecular complexity index is 606. The SMILES string of the molecule is Cl.Cl.O=C1OC(CN2CCC(OCc3ccccn3)CC2)CC12CCNCC2. The second-order valence-corrected chi connectivity index (χ2v) is 7.89. The van der Waals surface area contributed by atoms with Crippen LogP contribution in [0.5, 0.6) is 0 Å². The van der Waals surface area contributed by atoms with Crippen molar-refractivity contribution >= 4 is 30.8 Å². The molecule has 0 radical (unpaired) electrons. The van der Waals surface area contributed by atoms with Gasteiger partial charge in [-0.3, -0.25) is 14.7 Å². The number of ether oxygens (including phenoxy) is 2. The van der Waals surface area contributed by atoms with Crippen LogP contribution in [0.1, 0.15) is 37.8 Å². The maximum atomic E-state index is 12.4. The van der Waals surface area contributed by atoms with Gasteiger partial charge < -0.3 is 14.8 Å². The lowest BCUT2D eigenvalue weighted by Gasteiger charge is -2.33. The zero-order valence-electron chi connectivity index (χ0n) is 16.2. The fourth-order valence-electron chi connectivity index (χ4n) is 4.49. The van der Waals surface area contributed by atoms with Crippen LogP contribution in [0.4, 0.5) is 0 Å². The molecule has 1 spiro atoms. The summed E-state index contributed by atoms with van der Waals surface area (Å²) in [7, 11) is 0. The summed E-state index contributed by atoms with van der Waals surface area (Å²) in [5.41, 5.74) is 0.778. The van der Waals surface area contributed by atoms with Gasteiger partial charge in [-0.1, -0.05) is 6.07 Å². The van der Waals surface area contributed by atoms with Crippen LogP contribution < -0.4 is 5.32 Å². The lowest BCUT2D eigenvalue weighted by Crippen LogP contribution is -2.41. The van der Waals surface area contributed by atoms with E-state index in [1.165, 1.54) is 0 Å². The Hall–Kier alpha value is -0.920. The van der Waals surface area contributed by atoms with Crippen LogP contribution in [-0.4, -0.2) is 60.8 Å². The van der Waals surface area contributed by atoms with Crippen molar-refractivity contribution in [2.45, 2.75) is 50.9 Å². The highest BCUT2D eigenvalue weighted by Crippen LogP contribution is 2.41. The van der Waals surface area contributed by atoms with Gasteiger partial charge in [0.05, 0.1) is 23.8 Å². The van der Waals surface area contributed by atoms with Gasteiger partial charge in [0.15, 0.2) is 0 Å². The number of piperidine rings is 2. The Morgan fingerprint density at radius 3 is 2.64 bits per heavy atom. The van der Waals surface area contributed by atoms with Gasteiger partial charge in [-0.25, -0.2) is 0 Å². The lowest BCUT2D eigenvalue weighted by atomic mass is 9.76.